The summed E-state index contributed by atoms with van der Waals surface area (Å²) in [5.41, 5.74) is 1.41. The van der Waals surface area contributed by atoms with E-state index in [4.69, 9.17) is 16.3 Å². The van der Waals surface area contributed by atoms with Crippen molar-refractivity contribution in [2.24, 2.45) is 11.3 Å². The predicted octanol–water partition coefficient (Wildman–Crippen LogP) is 3.68. The van der Waals surface area contributed by atoms with E-state index in [1.54, 1.807) is 11.8 Å². The van der Waals surface area contributed by atoms with Gasteiger partial charge in [-0.15, -0.1) is 0 Å². The van der Waals surface area contributed by atoms with E-state index in [0.717, 1.165) is 43.1 Å². The molecule has 0 radical (unpaired) electrons. The fraction of sp³-hybridized carbons (Fsp3) is 0.588. The molecule has 120 valence electrons. The first-order valence-electron chi connectivity index (χ1n) is 7.78. The van der Waals surface area contributed by atoms with Crippen LogP contribution in [-0.2, 0) is 9.53 Å². The van der Waals surface area contributed by atoms with Crippen LogP contribution >= 0.6 is 23.4 Å². The number of hydrogen-bond donors (Lipinski definition) is 1. The first-order valence-corrected chi connectivity index (χ1v) is 9.45. The Labute approximate surface area is 141 Å². The van der Waals surface area contributed by atoms with Crippen molar-refractivity contribution in [2.75, 3.05) is 26.0 Å². The number of hydrogen-bond acceptors (Lipinski definition) is 3. The number of carbonyl (C=O) groups excluding carboxylic acids is 1. The number of carbonyl (C=O) groups is 1. The van der Waals surface area contributed by atoms with Crippen LogP contribution in [0.15, 0.2) is 24.3 Å². The Kier molecular flexibility index (Phi) is 5.00. The summed E-state index contributed by atoms with van der Waals surface area (Å²) in [4.78, 5) is 12.4. The molecule has 2 atom stereocenters. The molecule has 1 aliphatic carbocycles. The second-order valence-corrected chi connectivity index (χ2v) is 7.73. The minimum absolute atomic E-state index is 0.193. The summed E-state index contributed by atoms with van der Waals surface area (Å²) in [6.07, 6.45) is 5.16. The van der Waals surface area contributed by atoms with E-state index in [-0.39, 0.29) is 22.5 Å². The zero-order valence-corrected chi connectivity index (χ0v) is 14.4. The fourth-order valence-electron chi connectivity index (χ4n) is 3.41. The van der Waals surface area contributed by atoms with Gasteiger partial charge in [0.1, 0.15) is 0 Å². The molecule has 3 nitrogen and oxygen atoms in total. The number of benzene rings is 1. The average Bonchev–Trinajstić information content (AvgIpc) is 3.22. The van der Waals surface area contributed by atoms with Gasteiger partial charge in [0.15, 0.2) is 0 Å². The Balaban J connectivity index is 1.54. The number of amides is 1. The van der Waals surface area contributed by atoms with Crippen LogP contribution in [0, 0.1) is 11.3 Å². The van der Waals surface area contributed by atoms with Gasteiger partial charge >= 0.3 is 0 Å². The molecule has 1 N–H and O–H groups in total. The molecule has 0 bridgehead atoms. The lowest BCUT2D eigenvalue weighted by Crippen LogP contribution is -2.32. The lowest BCUT2D eigenvalue weighted by Gasteiger charge is -2.23. The van der Waals surface area contributed by atoms with E-state index in [1.165, 1.54) is 0 Å². The zero-order chi connectivity index (χ0) is 15.6. The molecule has 22 heavy (non-hydrogen) atoms. The molecular formula is C17H22ClNO2S. The highest BCUT2D eigenvalue weighted by Gasteiger charge is 2.57. The topological polar surface area (TPSA) is 38.3 Å². The third-order valence-electron chi connectivity index (χ3n) is 4.96. The normalized spacial score (nSPS) is 24.0. The van der Waals surface area contributed by atoms with Gasteiger partial charge in [-0.25, -0.2) is 0 Å². The zero-order valence-electron chi connectivity index (χ0n) is 12.8. The Morgan fingerprint density at radius 3 is 2.95 bits per heavy atom. The highest BCUT2D eigenvalue weighted by molar-refractivity contribution is 7.98. The van der Waals surface area contributed by atoms with Crippen LogP contribution in [0.25, 0.3) is 0 Å². The summed E-state index contributed by atoms with van der Waals surface area (Å²) in [5, 5.41) is 4.13. The van der Waals surface area contributed by atoms with E-state index < -0.39 is 0 Å². The SMILES string of the molecule is CS[C@@H](CNC(=O)[C@@H]1CC12CCOCC2)c1cccc(Cl)c1. The van der Waals surface area contributed by atoms with Crippen molar-refractivity contribution in [1.82, 2.24) is 5.32 Å². The molecule has 2 aliphatic rings. The van der Waals surface area contributed by atoms with Crippen molar-refractivity contribution in [3.8, 4) is 0 Å². The fourth-order valence-corrected chi connectivity index (χ4v) is 4.28. The van der Waals surface area contributed by atoms with Gasteiger partial charge in [-0.2, -0.15) is 11.8 Å². The molecule has 0 aromatic heterocycles. The minimum atomic E-state index is 0.193. The van der Waals surface area contributed by atoms with Crippen LogP contribution < -0.4 is 5.32 Å². The highest BCUT2D eigenvalue weighted by Crippen LogP contribution is 2.59. The third kappa shape index (κ3) is 3.44. The van der Waals surface area contributed by atoms with Crippen molar-refractivity contribution in [3.63, 3.8) is 0 Å². The molecule has 0 unspecified atom stereocenters. The van der Waals surface area contributed by atoms with Crippen LogP contribution in [0.1, 0.15) is 30.1 Å². The molecule has 1 amide bonds. The van der Waals surface area contributed by atoms with Crippen LogP contribution in [0.3, 0.4) is 0 Å². The number of nitrogens with one attached hydrogen (secondary N) is 1. The highest BCUT2D eigenvalue weighted by atomic mass is 35.5. The maximum atomic E-state index is 12.4. The number of rotatable bonds is 5. The molecule has 1 spiro atoms. The molecule has 2 fully saturated rings. The van der Waals surface area contributed by atoms with Crippen molar-refractivity contribution in [1.29, 1.82) is 0 Å². The van der Waals surface area contributed by atoms with E-state index in [0.29, 0.717) is 6.54 Å². The van der Waals surface area contributed by atoms with Gasteiger partial charge in [-0.1, -0.05) is 23.7 Å². The second-order valence-electron chi connectivity index (χ2n) is 6.26. The lowest BCUT2D eigenvalue weighted by atomic mass is 9.93. The molecule has 1 aromatic carbocycles. The van der Waals surface area contributed by atoms with Crippen LogP contribution in [-0.4, -0.2) is 31.9 Å². The van der Waals surface area contributed by atoms with Gasteiger partial charge in [0.2, 0.25) is 5.91 Å². The standard InChI is InChI=1S/C17H22ClNO2S/c1-22-15(12-3-2-4-13(18)9-12)11-19-16(20)14-10-17(14)5-7-21-8-6-17/h2-4,9,14-15H,5-8,10-11H2,1H3,(H,19,20)/t14-,15-/m0/s1. The monoisotopic (exact) mass is 339 g/mol. The van der Waals surface area contributed by atoms with Gasteiger partial charge in [0, 0.05) is 35.9 Å². The largest absolute Gasteiger partial charge is 0.381 e. The smallest absolute Gasteiger partial charge is 0.223 e. The number of ether oxygens (including phenoxy) is 1. The molecule has 1 saturated carbocycles. The van der Waals surface area contributed by atoms with Gasteiger partial charge in [-0.05, 0) is 48.6 Å². The number of thioether (sulfide) groups is 1. The van der Waals surface area contributed by atoms with Crippen LogP contribution in [0.2, 0.25) is 5.02 Å². The summed E-state index contributed by atoms with van der Waals surface area (Å²) in [7, 11) is 0. The van der Waals surface area contributed by atoms with E-state index >= 15 is 0 Å². The Morgan fingerprint density at radius 2 is 2.27 bits per heavy atom. The van der Waals surface area contributed by atoms with Crippen LogP contribution in [0.4, 0.5) is 0 Å². The Morgan fingerprint density at radius 1 is 1.50 bits per heavy atom. The molecule has 1 heterocycles. The van der Waals surface area contributed by atoms with Crippen molar-refractivity contribution < 1.29 is 9.53 Å². The van der Waals surface area contributed by atoms with E-state index in [9.17, 15) is 4.79 Å². The maximum absolute atomic E-state index is 12.4. The van der Waals surface area contributed by atoms with Crippen molar-refractivity contribution in [3.05, 3.63) is 34.9 Å². The molecule has 3 rings (SSSR count). The summed E-state index contributed by atoms with van der Waals surface area (Å²) < 4.78 is 5.41. The maximum Gasteiger partial charge on any atom is 0.223 e. The summed E-state index contributed by atoms with van der Waals surface area (Å²) >= 11 is 7.80. The summed E-state index contributed by atoms with van der Waals surface area (Å²) in [6.45, 7) is 2.27. The molecule has 1 aliphatic heterocycles. The van der Waals surface area contributed by atoms with Gasteiger partial charge in [0.05, 0.1) is 0 Å². The van der Waals surface area contributed by atoms with E-state index in [1.807, 2.05) is 18.2 Å². The number of halogens is 1. The quantitative estimate of drug-likeness (QED) is 0.889. The van der Waals surface area contributed by atoms with Gasteiger partial charge < -0.3 is 10.1 Å². The summed E-state index contributed by atoms with van der Waals surface area (Å²) in [6, 6.07) is 7.88. The molecule has 1 saturated heterocycles. The van der Waals surface area contributed by atoms with Crippen LogP contribution in [0.5, 0.6) is 0 Å². The Bertz CT molecular complexity index is 545. The minimum Gasteiger partial charge on any atom is -0.381 e. The van der Waals surface area contributed by atoms with Gasteiger partial charge in [0.25, 0.3) is 0 Å². The molecule has 1 aromatic rings. The third-order valence-corrected chi connectivity index (χ3v) is 6.20. The van der Waals surface area contributed by atoms with Crippen molar-refractivity contribution in [2.45, 2.75) is 24.5 Å². The second kappa shape index (κ2) is 6.81. The summed E-state index contributed by atoms with van der Waals surface area (Å²) in [5.74, 6) is 0.404. The van der Waals surface area contributed by atoms with Gasteiger partial charge in [-0.3, -0.25) is 4.79 Å². The van der Waals surface area contributed by atoms with E-state index in [2.05, 4.69) is 17.6 Å². The average molecular weight is 340 g/mol. The first kappa shape index (κ1) is 16.2. The van der Waals surface area contributed by atoms with Crippen molar-refractivity contribution >= 4 is 29.3 Å². The Hall–Kier alpha value is -0.710. The predicted molar refractivity (Wildman–Crippen MR) is 91.3 cm³/mol. The lowest BCUT2D eigenvalue weighted by molar-refractivity contribution is -0.123. The molecular weight excluding hydrogens is 318 g/mol. The molecule has 5 heteroatoms. The first-order chi connectivity index (χ1) is 10.6.